The highest BCUT2D eigenvalue weighted by Gasteiger charge is 2.47. The molecule has 0 aliphatic carbocycles. The summed E-state index contributed by atoms with van der Waals surface area (Å²) in [5, 5.41) is 0.951. The molecule has 1 fully saturated rings. The number of carbonyl (C=O) groups is 1. The molecule has 1 N–H and O–H groups in total. The van der Waals surface area contributed by atoms with Gasteiger partial charge in [-0.05, 0) is 24.6 Å². The fourth-order valence-electron chi connectivity index (χ4n) is 2.85. The van der Waals surface area contributed by atoms with Crippen molar-refractivity contribution < 1.29 is 4.79 Å². The zero-order valence-corrected chi connectivity index (χ0v) is 13.7. The minimum atomic E-state index is -0.575. The maximum Gasteiger partial charge on any atom is 0.262 e. The van der Waals surface area contributed by atoms with Gasteiger partial charge in [0.2, 0.25) is 0 Å². The molecule has 2 heterocycles. The molecule has 1 saturated heterocycles. The molecule has 0 spiro atoms. The average molecular weight is 339 g/mol. The summed E-state index contributed by atoms with van der Waals surface area (Å²) in [5.41, 5.74) is 6.40. The van der Waals surface area contributed by atoms with E-state index < -0.39 is 5.38 Å². The molecule has 5 nitrogen and oxygen atoms in total. The molecule has 3 aromatic rings. The lowest BCUT2D eigenvalue weighted by Gasteiger charge is -2.44. The number of aryl methyl sites for hydroxylation is 1. The number of fused-ring (bicyclic) bond motifs is 1. The summed E-state index contributed by atoms with van der Waals surface area (Å²) in [6.07, 6.45) is 0. The number of aromatic nitrogens is 2. The Labute approximate surface area is 144 Å². The zero-order valence-electron chi connectivity index (χ0n) is 13.0. The van der Waals surface area contributed by atoms with Crippen molar-refractivity contribution in [1.82, 2.24) is 15.0 Å². The van der Waals surface area contributed by atoms with Gasteiger partial charge in [0.05, 0.1) is 16.7 Å². The number of amides is 1. The predicted octanol–water partition coefficient (Wildman–Crippen LogP) is 3.46. The number of para-hydroxylation sites is 2. The normalized spacial score (nSPS) is 20.1. The van der Waals surface area contributed by atoms with Crippen LogP contribution in [0.5, 0.6) is 0 Å². The van der Waals surface area contributed by atoms with Crippen LogP contribution in [0.3, 0.4) is 0 Å². The minimum Gasteiger partial charge on any atom is -0.277 e. The van der Waals surface area contributed by atoms with Gasteiger partial charge in [-0.1, -0.05) is 42.5 Å². The van der Waals surface area contributed by atoms with Crippen LogP contribution in [-0.2, 0) is 4.79 Å². The molecule has 0 radical (unpaired) electrons. The van der Waals surface area contributed by atoms with Gasteiger partial charge in [0.1, 0.15) is 11.4 Å². The maximum absolute atomic E-state index is 12.2. The molecule has 1 aliphatic rings. The van der Waals surface area contributed by atoms with Gasteiger partial charge in [0.15, 0.2) is 5.82 Å². The predicted molar refractivity (Wildman–Crippen MR) is 93.6 cm³/mol. The molecule has 120 valence electrons. The summed E-state index contributed by atoms with van der Waals surface area (Å²) in [4.78, 5) is 21.3. The topological polar surface area (TPSA) is 58.1 Å². The number of rotatable bonds is 3. The van der Waals surface area contributed by atoms with Crippen LogP contribution in [0.4, 0.5) is 5.82 Å². The summed E-state index contributed by atoms with van der Waals surface area (Å²) in [7, 11) is 0. The molecule has 1 amide bonds. The first-order valence-electron chi connectivity index (χ1n) is 7.67. The first kappa shape index (κ1) is 14.9. The molecule has 2 atom stereocenters. The van der Waals surface area contributed by atoms with Crippen LogP contribution < -0.4 is 5.43 Å². The lowest BCUT2D eigenvalue weighted by Crippen LogP contribution is -2.58. The minimum absolute atomic E-state index is 0.167. The molecule has 0 bridgehead atoms. The molecule has 2 unspecified atom stereocenters. The van der Waals surface area contributed by atoms with Gasteiger partial charge < -0.3 is 0 Å². The van der Waals surface area contributed by atoms with Gasteiger partial charge in [-0.15, -0.1) is 11.6 Å². The molecule has 4 rings (SSSR count). The molecule has 2 aromatic carbocycles. The highest BCUT2D eigenvalue weighted by molar-refractivity contribution is 6.33. The summed E-state index contributed by atoms with van der Waals surface area (Å²) >= 11 is 6.23. The largest absolute Gasteiger partial charge is 0.277 e. The highest BCUT2D eigenvalue weighted by atomic mass is 35.5. The van der Waals surface area contributed by atoms with Crippen molar-refractivity contribution in [2.75, 3.05) is 5.43 Å². The number of anilines is 1. The number of hydrazine groups is 1. The van der Waals surface area contributed by atoms with Crippen LogP contribution in [0.15, 0.2) is 54.6 Å². The van der Waals surface area contributed by atoms with E-state index in [2.05, 4.69) is 15.4 Å². The van der Waals surface area contributed by atoms with Crippen LogP contribution in [0.1, 0.15) is 17.3 Å². The molecular weight excluding hydrogens is 324 g/mol. The number of nitrogens with zero attached hydrogens (tertiary/aromatic N) is 3. The second kappa shape index (κ2) is 5.76. The van der Waals surface area contributed by atoms with Gasteiger partial charge in [0, 0.05) is 0 Å². The number of β-lactam (4-membered cyclic amide) rings is 1. The van der Waals surface area contributed by atoms with Crippen molar-refractivity contribution in [2.45, 2.75) is 18.3 Å². The van der Waals surface area contributed by atoms with Gasteiger partial charge >= 0.3 is 0 Å². The first-order valence-corrected chi connectivity index (χ1v) is 8.11. The lowest BCUT2D eigenvalue weighted by atomic mass is 9.95. The van der Waals surface area contributed by atoms with E-state index in [4.69, 9.17) is 11.6 Å². The second-order valence-corrected chi connectivity index (χ2v) is 6.19. The molecular formula is C18H15ClN4O. The van der Waals surface area contributed by atoms with E-state index in [0.717, 1.165) is 22.3 Å². The van der Waals surface area contributed by atoms with E-state index >= 15 is 0 Å². The fraction of sp³-hybridized carbons (Fsp3) is 0.167. The van der Waals surface area contributed by atoms with Crippen LogP contribution in [0.2, 0.25) is 0 Å². The van der Waals surface area contributed by atoms with E-state index in [1.54, 1.807) is 0 Å². The first-order chi connectivity index (χ1) is 11.6. The Hall–Kier alpha value is -2.66. The number of alkyl halides is 1. The van der Waals surface area contributed by atoms with Crippen molar-refractivity contribution >= 4 is 34.4 Å². The van der Waals surface area contributed by atoms with Crippen molar-refractivity contribution in [1.29, 1.82) is 0 Å². The summed E-state index contributed by atoms with van der Waals surface area (Å²) in [6.45, 7) is 1.86. The molecule has 24 heavy (non-hydrogen) atoms. The van der Waals surface area contributed by atoms with E-state index in [-0.39, 0.29) is 11.9 Å². The third-order valence-corrected chi connectivity index (χ3v) is 4.57. The third-order valence-electron chi connectivity index (χ3n) is 4.14. The van der Waals surface area contributed by atoms with Crippen LogP contribution in [0, 0.1) is 6.92 Å². The smallest absolute Gasteiger partial charge is 0.262 e. The van der Waals surface area contributed by atoms with Gasteiger partial charge in [0.25, 0.3) is 5.91 Å². The average Bonchev–Trinajstić information content (AvgIpc) is 2.62. The maximum atomic E-state index is 12.2. The van der Waals surface area contributed by atoms with Crippen molar-refractivity contribution in [2.24, 2.45) is 0 Å². The Morgan fingerprint density at radius 3 is 2.33 bits per heavy atom. The fourth-order valence-corrected chi connectivity index (χ4v) is 3.22. The molecule has 6 heteroatoms. The number of hydrogen-bond acceptors (Lipinski definition) is 4. The van der Waals surface area contributed by atoms with Crippen LogP contribution >= 0.6 is 11.6 Å². The lowest BCUT2D eigenvalue weighted by molar-refractivity contribution is -0.143. The van der Waals surface area contributed by atoms with Gasteiger partial charge in [-0.25, -0.2) is 15.0 Å². The monoisotopic (exact) mass is 338 g/mol. The van der Waals surface area contributed by atoms with Crippen molar-refractivity contribution in [3.8, 4) is 0 Å². The highest BCUT2D eigenvalue weighted by Crippen LogP contribution is 2.38. The molecule has 0 saturated carbocycles. The zero-order chi connectivity index (χ0) is 16.7. The van der Waals surface area contributed by atoms with E-state index in [0.29, 0.717) is 5.82 Å². The SMILES string of the molecule is Cc1nc2ccccc2nc1NN1C(=O)C(Cl)C1c1ccccc1. The Kier molecular flexibility index (Phi) is 3.58. The van der Waals surface area contributed by atoms with Crippen LogP contribution in [-0.4, -0.2) is 26.3 Å². The van der Waals surface area contributed by atoms with Crippen LogP contribution in [0.25, 0.3) is 11.0 Å². The van der Waals surface area contributed by atoms with E-state index in [9.17, 15) is 4.79 Å². The summed E-state index contributed by atoms with van der Waals surface area (Å²) in [5.74, 6) is 0.395. The number of nitrogens with one attached hydrogen (secondary N) is 1. The van der Waals surface area contributed by atoms with E-state index in [1.807, 2.05) is 61.5 Å². The number of halogens is 1. The Bertz CT molecular complexity index is 915. The summed E-state index contributed by atoms with van der Waals surface area (Å²) < 4.78 is 0. The number of benzene rings is 2. The quantitative estimate of drug-likeness (QED) is 0.587. The standard InChI is InChI=1S/C18H15ClN4O/c1-11-17(21-14-10-6-5-9-13(14)20-11)22-23-16(15(19)18(23)24)12-7-3-2-4-8-12/h2-10,15-16H,1H3,(H,21,22). The molecule has 1 aliphatic heterocycles. The Balaban J connectivity index is 1.67. The van der Waals surface area contributed by atoms with Crippen molar-refractivity contribution in [3.05, 3.63) is 65.9 Å². The van der Waals surface area contributed by atoms with Crippen molar-refractivity contribution in [3.63, 3.8) is 0 Å². The third kappa shape index (κ3) is 2.37. The number of carbonyl (C=O) groups excluding carboxylic acids is 1. The Morgan fingerprint density at radius 2 is 1.62 bits per heavy atom. The summed E-state index contributed by atoms with van der Waals surface area (Å²) in [6, 6.07) is 17.1. The van der Waals surface area contributed by atoms with E-state index in [1.165, 1.54) is 5.01 Å². The number of hydrogen-bond donors (Lipinski definition) is 1. The second-order valence-electron chi connectivity index (χ2n) is 5.72. The Morgan fingerprint density at radius 1 is 1.00 bits per heavy atom. The van der Waals surface area contributed by atoms with Gasteiger partial charge in [-0.3, -0.25) is 10.2 Å². The van der Waals surface area contributed by atoms with Gasteiger partial charge in [-0.2, -0.15) is 0 Å². The molecule has 1 aromatic heterocycles.